The van der Waals surface area contributed by atoms with E-state index in [1.54, 1.807) is 4.90 Å². The van der Waals surface area contributed by atoms with Crippen molar-refractivity contribution in [1.29, 1.82) is 5.26 Å². The van der Waals surface area contributed by atoms with Crippen LogP contribution in [-0.4, -0.2) is 53.0 Å². The van der Waals surface area contributed by atoms with Crippen molar-refractivity contribution in [3.8, 4) is 6.07 Å². The Labute approximate surface area is 186 Å². The number of rotatable bonds is 4. The minimum absolute atomic E-state index is 0.0232. The molecule has 0 aromatic carbocycles. The van der Waals surface area contributed by atoms with Crippen LogP contribution in [0.5, 0.6) is 0 Å². The fourth-order valence-electron chi connectivity index (χ4n) is 4.76. The average Bonchev–Trinajstić information content (AvgIpc) is 3.56. The number of amides is 2. The highest BCUT2D eigenvalue weighted by Crippen LogP contribution is 2.37. The number of aromatic amines is 1. The molecule has 32 heavy (non-hydrogen) atoms. The maximum absolute atomic E-state index is 13.3. The van der Waals surface area contributed by atoms with Gasteiger partial charge in [-0.25, -0.2) is 4.98 Å². The highest BCUT2D eigenvalue weighted by molar-refractivity contribution is 5.97. The number of carbonyl (C=O) groups excluding carboxylic acids is 2. The lowest BCUT2D eigenvalue weighted by Gasteiger charge is -2.38. The third-order valence-electron chi connectivity index (χ3n) is 6.85. The fraction of sp³-hybridized carbons (Fsp3) is 0.500. The standard InChI is InChI=1S/C24H27N5O3/c1-15-13-29(23(31)24(14-25)6-10-32-11-7-24)9-5-17(15)19-12-20(28-22(30)16-2-3-16)27-21-18(19)4-8-26-21/h4-5,8,12,15-16H,2-3,6-7,9-11,13H2,1H3,(H2,26,27,28,30)/t15-/m1/s1. The molecule has 2 fully saturated rings. The van der Waals surface area contributed by atoms with E-state index >= 15 is 0 Å². The first kappa shape index (κ1) is 20.7. The Bertz CT molecular complexity index is 1130. The van der Waals surface area contributed by atoms with Gasteiger partial charge in [-0.05, 0) is 54.9 Å². The Kier molecular flexibility index (Phi) is 5.22. The predicted molar refractivity (Wildman–Crippen MR) is 119 cm³/mol. The molecule has 1 atom stereocenters. The van der Waals surface area contributed by atoms with E-state index in [4.69, 9.17) is 4.74 Å². The zero-order valence-electron chi connectivity index (χ0n) is 18.2. The molecule has 0 bridgehead atoms. The molecule has 1 saturated heterocycles. The molecular weight excluding hydrogens is 406 g/mol. The topological polar surface area (TPSA) is 111 Å². The maximum atomic E-state index is 13.3. The Morgan fingerprint density at radius 1 is 1.34 bits per heavy atom. The Morgan fingerprint density at radius 2 is 2.12 bits per heavy atom. The normalized spacial score (nSPS) is 22.8. The second-order valence-electron chi connectivity index (χ2n) is 9.14. The Morgan fingerprint density at radius 3 is 2.81 bits per heavy atom. The quantitative estimate of drug-likeness (QED) is 0.770. The van der Waals surface area contributed by atoms with Gasteiger partial charge >= 0.3 is 0 Å². The number of aromatic nitrogens is 2. The number of hydrogen-bond donors (Lipinski definition) is 2. The van der Waals surface area contributed by atoms with Crippen molar-refractivity contribution >= 4 is 34.2 Å². The summed E-state index contributed by atoms with van der Waals surface area (Å²) in [6, 6.07) is 6.21. The first-order chi connectivity index (χ1) is 15.5. The molecule has 3 aliphatic rings. The van der Waals surface area contributed by atoms with E-state index in [-0.39, 0.29) is 23.7 Å². The van der Waals surface area contributed by atoms with Crippen LogP contribution in [0.4, 0.5) is 5.82 Å². The SMILES string of the molecule is C[C@@H]1CN(C(=O)C2(C#N)CCOCC2)CC=C1c1cc(NC(=O)C2CC2)nc2[nH]ccc12. The van der Waals surface area contributed by atoms with Crippen LogP contribution < -0.4 is 5.32 Å². The number of carbonyl (C=O) groups is 2. The lowest BCUT2D eigenvalue weighted by atomic mass is 9.79. The molecule has 4 heterocycles. The monoisotopic (exact) mass is 433 g/mol. The maximum Gasteiger partial charge on any atom is 0.243 e. The van der Waals surface area contributed by atoms with E-state index in [1.165, 1.54) is 0 Å². The van der Waals surface area contributed by atoms with Crippen molar-refractivity contribution in [2.75, 3.05) is 31.6 Å². The van der Waals surface area contributed by atoms with Gasteiger partial charge in [0, 0.05) is 43.8 Å². The van der Waals surface area contributed by atoms with E-state index in [0.29, 0.717) is 45.0 Å². The van der Waals surface area contributed by atoms with Gasteiger partial charge in [0.2, 0.25) is 11.8 Å². The van der Waals surface area contributed by atoms with Crippen molar-refractivity contribution in [2.24, 2.45) is 17.3 Å². The minimum Gasteiger partial charge on any atom is -0.381 e. The van der Waals surface area contributed by atoms with E-state index in [1.807, 2.05) is 18.3 Å². The largest absolute Gasteiger partial charge is 0.381 e. The van der Waals surface area contributed by atoms with Gasteiger partial charge < -0.3 is 19.9 Å². The number of nitrogens with zero attached hydrogens (tertiary/aromatic N) is 3. The van der Waals surface area contributed by atoms with Gasteiger partial charge in [0.25, 0.3) is 0 Å². The molecule has 5 rings (SSSR count). The zero-order chi connectivity index (χ0) is 22.3. The fourth-order valence-corrected chi connectivity index (χ4v) is 4.76. The summed E-state index contributed by atoms with van der Waals surface area (Å²) < 4.78 is 5.38. The lowest BCUT2D eigenvalue weighted by Crippen LogP contribution is -2.48. The summed E-state index contributed by atoms with van der Waals surface area (Å²) in [5.74, 6) is 0.656. The first-order valence-corrected chi connectivity index (χ1v) is 11.3. The van der Waals surface area contributed by atoms with Gasteiger partial charge in [-0.1, -0.05) is 13.0 Å². The summed E-state index contributed by atoms with van der Waals surface area (Å²) in [6.45, 7) is 3.99. The molecule has 166 valence electrons. The summed E-state index contributed by atoms with van der Waals surface area (Å²) >= 11 is 0. The summed E-state index contributed by atoms with van der Waals surface area (Å²) in [5, 5.41) is 13.7. The molecular formula is C24H27N5O3. The van der Waals surface area contributed by atoms with Crippen molar-refractivity contribution in [1.82, 2.24) is 14.9 Å². The third kappa shape index (κ3) is 3.67. The van der Waals surface area contributed by atoms with Gasteiger partial charge in [0.05, 0.1) is 6.07 Å². The number of pyridine rings is 1. The molecule has 0 radical (unpaired) electrons. The highest BCUT2D eigenvalue weighted by Gasteiger charge is 2.44. The van der Waals surface area contributed by atoms with Gasteiger partial charge in [-0.3, -0.25) is 9.59 Å². The third-order valence-corrected chi connectivity index (χ3v) is 6.85. The molecule has 2 N–H and O–H groups in total. The van der Waals surface area contributed by atoms with Crippen LogP contribution in [0, 0.1) is 28.6 Å². The number of anilines is 1. The number of hydrogen-bond acceptors (Lipinski definition) is 5. The molecule has 0 spiro atoms. The van der Waals surface area contributed by atoms with Crippen LogP contribution in [0.25, 0.3) is 16.6 Å². The molecule has 1 aliphatic carbocycles. The second-order valence-corrected chi connectivity index (χ2v) is 9.14. The van der Waals surface area contributed by atoms with Crippen LogP contribution in [0.3, 0.4) is 0 Å². The molecule has 2 aliphatic heterocycles. The van der Waals surface area contributed by atoms with Crippen LogP contribution in [-0.2, 0) is 14.3 Å². The minimum atomic E-state index is -0.978. The molecule has 1 saturated carbocycles. The average molecular weight is 434 g/mol. The summed E-state index contributed by atoms with van der Waals surface area (Å²) in [7, 11) is 0. The predicted octanol–water partition coefficient (Wildman–Crippen LogP) is 3.09. The molecule has 2 aromatic heterocycles. The number of H-pyrrole nitrogens is 1. The van der Waals surface area contributed by atoms with Gasteiger partial charge in [-0.15, -0.1) is 0 Å². The summed E-state index contributed by atoms with van der Waals surface area (Å²) in [6.07, 6.45) is 6.69. The molecule has 8 nitrogen and oxygen atoms in total. The molecule has 2 aromatic rings. The van der Waals surface area contributed by atoms with Gasteiger partial charge in [-0.2, -0.15) is 5.26 Å². The van der Waals surface area contributed by atoms with E-state index in [2.05, 4.69) is 34.4 Å². The molecule has 2 amide bonds. The van der Waals surface area contributed by atoms with Crippen molar-refractivity contribution in [2.45, 2.75) is 32.6 Å². The van der Waals surface area contributed by atoms with Crippen LogP contribution >= 0.6 is 0 Å². The van der Waals surface area contributed by atoms with Crippen LogP contribution in [0.2, 0.25) is 0 Å². The van der Waals surface area contributed by atoms with Crippen LogP contribution in [0.1, 0.15) is 38.2 Å². The van der Waals surface area contributed by atoms with E-state index in [0.717, 1.165) is 35.0 Å². The smallest absolute Gasteiger partial charge is 0.243 e. The van der Waals surface area contributed by atoms with Crippen LogP contribution in [0.15, 0.2) is 24.4 Å². The summed E-state index contributed by atoms with van der Waals surface area (Å²) in [5.41, 5.74) is 1.89. The highest BCUT2D eigenvalue weighted by atomic mass is 16.5. The number of ether oxygens (including phenoxy) is 1. The number of fused-ring (bicyclic) bond motifs is 1. The zero-order valence-corrected chi connectivity index (χ0v) is 18.2. The number of nitrogens with one attached hydrogen (secondary N) is 2. The van der Waals surface area contributed by atoms with E-state index in [9.17, 15) is 14.9 Å². The lowest BCUT2D eigenvalue weighted by molar-refractivity contribution is -0.143. The Hall–Kier alpha value is -3.18. The van der Waals surface area contributed by atoms with E-state index < -0.39 is 5.41 Å². The molecule has 0 unspecified atom stereocenters. The van der Waals surface area contributed by atoms with Gasteiger partial charge in [0.15, 0.2) is 0 Å². The van der Waals surface area contributed by atoms with Gasteiger partial charge in [0.1, 0.15) is 16.9 Å². The van der Waals surface area contributed by atoms with Crippen molar-refractivity contribution in [3.63, 3.8) is 0 Å². The molecule has 8 heteroatoms. The Balaban J connectivity index is 1.42. The van der Waals surface area contributed by atoms with Crippen molar-refractivity contribution < 1.29 is 14.3 Å². The second kappa shape index (κ2) is 8.06. The summed E-state index contributed by atoms with van der Waals surface area (Å²) in [4.78, 5) is 35.1. The van der Waals surface area contributed by atoms with Crippen molar-refractivity contribution in [3.05, 3.63) is 30.0 Å². The first-order valence-electron chi connectivity index (χ1n) is 11.3. The number of nitriles is 1.